The Morgan fingerprint density at radius 2 is 1.91 bits per heavy atom. The second-order valence-corrected chi connectivity index (χ2v) is 8.71. The van der Waals surface area contributed by atoms with Gasteiger partial charge in [0.2, 0.25) is 0 Å². The molecule has 0 amide bonds. The van der Waals surface area contributed by atoms with E-state index in [0.29, 0.717) is 41.7 Å². The molecule has 0 bridgehead atoms. The summed E-state index contributed by atoms with van der Waals surface area (Å²) in [6.45, 7) is 4.69. The highest BCUT2D eigenvalue weighted by Crippen LogP contribution is 2.41. The average Bonchev–Trinajstić information content (AvgIpc) is 3.03. The smallest absolute Gasteiger partial charge is 0.422 e. The van der Waals surface area contributed by atoms with Crippen molar-refractivity contribution in [3.8, 4) is 5.75 Å². The predicted molar refractivity (Wildman–Crippen MR) is 116 cm³/mol. The largest absolute Gasteiger partial charge is 0.494 e. The van der Waals surface area contributed by atoms with E-state index in [9.17, 15) is 14.4 Å². The first-order valence-electron chi connectivity index (χ1n) is 10.7. The summed E-state index contributed by atoms with van der Waals surface area (Å²) in [4.78, 5) is 37.7. The van der Waals surface area contributed by atoms with Crippen LogP contribution >= 0.6 is 23.2 Å². The number of ether oxygens (including phenoxy) is 4. The number of carbonyl (C=O) groups excluding carboxylic acids is 3. The summed E-state index contributed by atoms with van der Waals surface area (Å²) < 4.78 is 22.3. The summed E-state index contributed by atoms with van der Waals surface area (Å²) in [7, 11) is 0. The number of benzene rings is 1. The van der Waals surface area contributed by atoms with E-state index in [-0.39, 0.29) is 12.5 Å². The monoisotopic (exact) mass is 487 g/mol. The third kappa shape index (κ3) is 5.47. The van der Waals surface area contributed by atoms with Crippen molar-refractivity contribution in [3.05, 3.63) is 28.2 Å². The van der Waals surface area contributed by atoms with Crippen LogP contribution < -0.4 is 4.74 Å². The lowest BCUT2D eigenvalue weighted by atomic mass is 9.87. The molecule has 10 heteroatoms. The number of piperidine rings is 1. The Labute approximate surface area is 197 Å². The fraction of sp³-hybridized carbons (Fsp3) is 0.591. The standard InChI is InChI=1S/C22H27Cl2NO7/c1-3-4-5-10-25-11-8-15(9-12-29-16-6-7-17(23)18(24)13-16)19(30-14(2)26)22(25)31-20(27)21(28)32-22/h6-7,13,15,19H,3-5,8-12H2,1-2H3. The zero-order chi connectivity index (χ0) is 23.3. The van der Waals surface area contributed by atoms with Crippen molar-refractivity contribution in [2.24, 2.45) is 5.92 Å². The third-order valence-electron chi connectivity index (χ3n) is 5.62. The van der Waals surface area contributed by atoms with Gasteiger partial charge in [0.1, 0.15) is 5.75 Å². The molecule has 1 aromatic rings. The van der Waals surface area contributed by atoms with E-state index in [1.54, 1.807) is 23.1 Å². The molecule has 176 valence electrons. The summed E-state index contributed by atoms with van der Waals surface area (Å²) in [6.07, 6.45) is 2.94. The van der Waals surface area contributed by atoms with Crippen LogP contribution in [0.4, 0.5) is 0 Å². The lowest BCUT2D eigenvalue weighted by Gasteiger charge is -2.47. The number of unbranched alkanes of at least 4 members (excludes halogenated alkanes) is 2. The molecule has 2 unspecified atom stereocenters. The summed E-state index contributed by atoms with van der Waals surface area (Å²) >= 11 is 12.0. The molecule has 8 nitrogen and oxygen atoms in total. The molecule has 2 aliphatic heterocycles. The molecule has 0 saturated carbocycles. The Balaban J connectivity index is 1.77. The van der Waals surface area contributed by atoms with Crippen LogP contribution in [0.5, 0.6) is 5.75 Å². The SMILES string of the molecule is CCCCCN1CCC(CCOc2ccc(Cl)c(Cl)c2)C(OC(C)=O)C12OC(=O)C(=O)O2. The molecule has 2 heterocycles. The highest BCUT2D eigenvalue weighted by atomic mass is 35.5. The molecule has 0 aromatic heterocycles. The second-order valence-electron chi connectivity index (χ2n) is 7.90. The molecule has 2 fully saturated rings. The number of hydrogen-bond donors (Lipinski definition) is 0. The van der Waals surface area contributed by atoms with Gasteiger partial charge < -0.3 is 18.9 Å². The van der Waals surface area contributed by atoms with Crippen molar-refractivity contribution in [2.75, 3.05) is 19.7 Å². The van der Waals surface area contributed by atoms with E-state index in [4.69, 9.17) is 42.1 Å². The van der Waals surface area contributed by atoms with E-state index in [0.717, 1.165) is 19.3 Å². The van der Waals surface area contributed by atoms with Crippen LogP contribution in [0, 0.1) is 5.92 Å². The second kappa shape index (κ2) is 10.7. The Bertz CT molecular complexity index is 847. The van der Waals surface area contributed by atoms with Gasteiger partial charge in [0, 0.05) is 32.0 Å². The maximum Gasteiger partial charge on any atom is 0.422 e. The van der Waals surface area contributed by atoms with Crippen LogP contribution in [0.25, 0.3) is 0 Å². The van der Waals surface area contributed by atoms with Gasteiger partial charge in [-0.25, -0.2) is 14.5 Å². The van der Waals surface area contributed by atoms with Crippen LogP contribution in [0.2, 0.25) is 10.0 Å². The van der Waals surface area contributed by atoms with Gasteiger partial charge in [-0.2, -0.15) is 0 Å². The van der Waals surface area contributed by atoms with Crippen LogP contribution in [-0.4, -0.2) is 54.5 Å². The number of likely N-dealkylation sites (tertiary alicyclic amines) is 1. The first kappa shape index (κ1) is 24.6. The van der Waals surface area contributed by atoms with Gasteiger partial charge >= 0.3 is 23.8 Å². The number of rotatable bonds is 9. The zero-order valence-corrected chi connectivity index (χ0v) is 19.6. The van der Waals surface area contributed by atoms with Gasteiger partial charge in [-0.05, 0) is 31.4 Å². The van der Waals surface area contributed by atoms with Crippen molar-refractivity contribution in [2.45, 2.75) is 58.0 Å². The van der Waals surface area contributed by atoms with Gasteiger partial charge in [-0.1, -0.05) is 43.0 Å². The maximum atomic E-state index is 12.0. The molecule has 2 aliphatic rings. The number of carbonyl (C=O) groups is 3. The molecule has 2 atom stereocenters. The number of esters is 3. The molecule has 2 saturated heterocycles. The van der Waals surface area contributed by atoms with E-state index >= 15 is 0 Å². The highest BCUT2D eigenvalue weighted by molar-refractivity contribution is 6.42. The van der Waals surface area contributed by atoms with Gasteiger partial charge in [-0.15, -0.1) is 0 Å². The first-order valence-corrected chi connectivity index (χ1v) is 11.5. The Morgan fingerprint density at radius 3 is 2.53 bits per heavy atom. The Morgan fingerprint density at radius 1 is 1.19 bits per heavy atom. The van der Waals surface area contributed by atoms with Crippen LogP contribution in [0.3, 0.4) is 0 Å². The summed E-state index contributed by atoms with van der Waals surface area (Å²) in [6, 6.07) is 4.96. The average molecular weight is 488 g/mol. The van der Waals surface area contributed by atoms with E-state index < -0.39 is 29.9 Å². The van der Waals surface area contributed by atoms with E-state index in [1.165, 1.54) is 6.92 Å². The molecular formula is C22H27Cl2NO7. The van der Waals surface area contributed by atoms with Gasteiger partial charge in [0.05, 0.1) is 16.7 Å². The quantitative estimate of drug-likeness (QED) is 0.293. The number of hydrogen-bond acceptors (Lipinski definition) is 8. The minimum absolute atomic E-state index is 0.261. The fourth-order valence-electron chi connectivity index (χ4n) is 4.08. The molecule has 0 N–H and O–H groups in total. The molecule has 32 heavy (non-hydrogen) atoms. The lowest BCUT2D eigenvalue weighted by molar-refractivity contribution is -0.320. The van der Waals surface area contributed by atoms with E-state index in [1.807, 2.05) is 0 Å². The van der Waals surface area contributed by atoms with Crippen LogP contribution in [0.1, 0.15) is 46.0 Å². The summed E-state index contributed by atoms with van der Waals surface area (Å²) in [5.74, 6) is -4.19. The molecule has 0 radical (unpaired) electrons. The maximum absolute atomic E-state index is 12.0. The lowest BCUT2D eigenvalue weighted by Crippen LogP contribution is -2.65. The minimum atomic E-state index is -1.75. The topological polar surface area (TPSA) is 91.4 Å². The zero-order valence-electron chi connectivity index (χ0n) is 18.1. The number of nitrogens with zero attached hydrogens (tertiary/aromatic N) is 1. The third-order valence-corrected chi connectivity index (χ3v) is 6.35. The summed E-state index contributed by atoms with van der Waals surface area (Å²) in [5, 5.41) is 0.808. The van der Waals surface area contributed by atoms with Gasteiger partial charge in [0.15, 0.2) is 6.10 Å². The fourth-order valence-corrected chi connectivity index (χ4v) is 4.37. The normalized spacial score (nSPS) is 22.5. The molecule has 0 aliphatic carbocycles. The Hall–Kier alpha value is -2.03. The molecule has 1 spiro atoms. The highest BCUT2D eigenvalue weighted by Gasteiger charge is 2.63. The van der Waals surface area contributed by atoms with Crippen molar-refractivity contribution < 1.29 is 33.3 Å². The van der Waals surface area contributed by atoms with Gasteiger partial charge in [-0.3, -0.25) is 4.79 Å². The van der Waals surface area contributed by atoms with Crippen molar-refractivity contribution in [1.82, 2.24) is 4.90 Å². The van der Waals surface area contributed by atoms with Crippen molar-refractivity contribution in [1.29, 1.82) is 0 Å². The number of halogens is 2. The minimum Gasteiger partial charge on any atom is -0.494 e. The van der Waals surface area contributed by atoms with Crippen molar-refractivity contribution >= 4 is 41.1 Å². The first-order chi connectivity index (χ1) is 15.3. The van der Waals surface area contributed by atoms with Crippen LogP contribution in [-0.2, 0) is 28.6 Å². The Kier molecular flexibility index (Phi) is 8.25. The molecule has 1 aromatic carbocycles. The van der Waals surface area contributed by atoms with Gasteiger partial charge in [0.25, 0.3) is 0 Å². The molecular weight excluding hydrogens is 461 g/mol. The van der Waals surface area contributed by atoms with E-state index in [2.05, 4.69) is 6.92 Å². The summed E-state index contributed by atoms with van der Waals surface area (Å²) in [5.41, 5.74) is 0. The van der Waals surface area contributed by atoms with Crippen molar-refractivity contribution in [3.63, 3.8) is 0 Å². The predicted octanol–water partition coefficient (Wildman–Crippen LogP) is 3.96. The van der Waals surface area contributed by atoms with Crippen LogP contribution in [0.15, 0.2) is 18.2 Å². The molecule has 3 rings (SSSR count).